The highest BCUT2D eigenvalue weighted by atomic mass is 19.1. The first-order valence-corrected chi connectivity index (χ1v) is 8.84. The van der Waals surface area contributed by atoms with Crippen molar-refractivity contribution in [2.75, 3.05) is 0 Å². The Morgan fingerprint density at radius 3 is 2.18 bits per heavy atom. The van der Waals surface area contributed by atoms with Gasteiger partial charge in [0.1, 0.15) is 11.6 Å². The maximum atomic E-state index is 14.7. The van der Waals surface area contributed by atoms with Crippen LogP contribution in [0.3, 0.4) is 0 Å². The summed E-state index contributed by atoms with van der Waals surface area (Å²) in [5.74, 6) is -1.95. The number of rotatable bonds is 4. The van der Waals surface area contributed by atoms with E-state index in [0.29, 0.717) is 5.56 Å². The number of carbonyl (C=O) groups excluding carboxylic acids is 1. The van der Waals surface area contributed by atoms with Gasteiger partial charge >= 0.3 is 0 Å². The molecule has 140 valence electrons. The first kappa shape index (κ1) is 17.9. The van der Waals surface area contributed by atoms with Gasteiger partial charge in [-0.25, -0.2) is 8.78 Å². The lowest BCUT2D eigenvalue weighted by molar-refractivity contribution is -0.130. The molecule has 1 aliphatic heterocycles. The molecule has 3 nitrogen and oxygen atoms in total. The summed E-state index contributed by atoms with van der Waals surface area (Å²) in [5.41, 5.74) is 1.86. The molecule has 0 fully saturated rings. The zero-order valence-electron chi connectivity index (χ0n) is 14.8. The molecule has 0 saturated carbocycles. The molecule has 1 N–H and O–H groups in total. The van der Waals surface area contributed by atoms with Crippen LogP contribution < -0.4 is 0 Å². The Morgan fingerprint density at radius 1 is 0.857 bits per heavy atom. The number of nitrogens with zero attached hydrogens (tertiary/aromatic N) is 1. The lowest BCUT2D eigenvalue weighted by Gasteiger charge is -2.27. The van der Waals surface area contributed by atoms with Gasteiger partial charge in [-0.05, 0) is 29.3 Å². The number of amides is 1. The molecule has 3 aromatic carbocycles. The molecule has 0 spiro atoms. The van der Waals surface area contributed by atoms with Crippen LogP contribution in [0.15, 0.2) is 84.6 Å². The molecule has 1 amide bonds. The first-order valence-electron chi connectivity index (χ1n) is 8.84. The number of hydrogen-bond donors (Lipinski definition) is 1. The standard InChI is InChI=1S/C23H17F2NO2/c24-17-12-10-16(11-13-17)20-21(18-8-4-5-9-19(18)25)26(23(28)22(20)27)14-15-6-2-1-3-7-15/h1-13,21,27H,14H2. The molecule has 5 heteroatoms. The molecule has 0 saturated heterocycles. The Labute approximate surface area is 161 Å². The monoisotopic (exact) mass is 377 g/mol. The minimum absolute atomic E-state index is 0.202. The van der Waals surface area contributed by atoms with Crippen molar-refractivity contribution in [1.82, 2.24) is 4.90 Å². The normalized spacial score (nSPS) is 16.7. The zero-order chi connectivity index (χ0) is 19.7. The van der Waals surface area contributed by atoms with Crippen LogP contribution in [-0.4, -0.2) is 15.9 Å². The fraction of sp³-hybridized carbons (Fsp3) is 0.0870. The second-order valence-corrected chi connectivity index (χ2v) is 6.61. The Kier molecular flexibility index (Phi) is 4.65. The van der Waals surface area contributed by atoms with E-state index in [1.54, 1.807) is 18.2 Å². The second kappa shape index (κ2) is 7.27. The van der Waals surface area contributed by atoms with Crippen molar-refractivity contribution in [2.45, 2.75) is 12.6 Å². The molecule has 0 aliphatic carbocycles. The summed E-state index contributed by atoms with van der Waals surface area (Å²) in [7, 11) is 0. The van der Waals surface area contributed by atoms with Crippen molar-refractivity contribution < 1.29 is 18.7 Å². The van der Waals surface area contributed by atoms with Crippen LogP contribution in [-0.2, 0) is 11.3 Å². The van der Waals surface area contributed by atoms with Gasteiger partial charge in [0.25, 0.3) is 5.91 Å². The smallest absolute Gasteiger partial charge is 0.290 e. The van der Waals surface area contributed by atoms with Crippen LogP contribution in [0.4, 0.5) is 8.78 Å². The molecule has 1 unspecified atom stereocenters. The molecule has 1 heterocycles. The van der Waals surface area contributed by atoms with Gasteiger partial charge in [-0.15, -0.1) is 0 Å². The van der Waals surface area contributed by atoms with E-state index in [0.717, 1.165) is 5.56 Å². The number of benzene rings is 3. The van der Waals surface area contributed by atoms with Crippen LogP contribution in [0, 0.1) is 11.6 Å². The Bertz CT molecular complexity index is 1050. The summed E-state index contributed by atoms with van der Waals surface area (Å²) in [6, 6.07) is 20.1. The van der Waals surface area contributed by atoms with Crippen molar-refractivity contribution in [2.24, 2.45) is 0 Å². The van der Waals surface area contributed by atoms with Gasteiger partial charge in [0, 0.05) is 17.7 Å². The van der Waals surface area contributed by atoms with Gasteiger partial charge < -0.3 is 10.0 Å². The molecule has 3 aromatic rings. The van der Waals surface area contributed by atoms with Gasteiger partial charge in [-0.1, -0.05) is 60.7 Å². The van der Waals surface area contributed by atoms with Crippen molar-refractivity contribution in [1.29, 1.82) is 0 Å². The Morgan fingerprint density at radius 2 is 1.50 bits per heavy atom. The topological polar surface area (TPSA) is 40.5 Å². The van der Waals surface area contributed by atoms with Gasteiger partial charge in [0.2, 0.25) is 0 Å². The van der Waals surface area contributed by atoms with Gasteiger partial charge in [-0.3, -0.25) is 4.79 Å². The lowest BCUT2D eigenvalue weighted by Crippen LogP contribution is -2.30. The van der Waals surface area contributed by atoms with E-state index in [1.807, 2.05) is 30.3 Å². The maximum Gasteiger partial charge on any atom is 0.290 e. The number of aliphatic hydroxyl groups is 1. The zero-order valence-corrected chi connectivity index (χ0v) is 14.8. The largest absolute Gasteiger partial charge is 0.503 e. The van der Waals surface area contributed by atoms with Gasteiger partial charge in [0.15, 0.2) is 5.76 Å². The third-order valence-corrected chi connectivity index (χ3v) is 4.85. The highest BCUT2D eigenvalue weighted by Crippen LogP contribution is 2.44. The molecular weight excluding hydrogens is 360 g/mol. The van der Waals surface area contributed by atoms with Crippen molar-refractivity contribution in [3.8, 4) is 0 Å². The number of hydrogen-bond acceptors (Lipinski definition) is 2. The van der Waals surface area contributed by atoms with Crippen LogP contribution in [0.1, 0.15) is 22.7 Å². The van der Waals surface area contributed by atoms with Crippen LogP contribution in [0.5, 0.6) is 0 Å². The average molecular weight is 377 g/mol. The third-order valence-electron chi connectivity index (χ3n) is 4.85. The van der Waals surface area contributed by atoms with Crippen molar-refractivity contribution >= 4 is 11.5 Å². The first-order chi connectivity index (χ1) is 13.6. The van der Waals surface area contributed by atoms with E-state index in [9.17, 15) is 18.7 Å². The molecule has 0 bridgehead atoms. The average Bonchev–Trinajstić information content (AvgIpc) is 2.95. The fourth-order valence-corrected chi connectivity index (χ4v) is 3.54. The summed E-state index contributed by atoms with van der Waals surface area (Å²) in [4.78, 5) is 14.3. The SMILES string of the molecule is O=C1C(O)=C(c2ccc(F)cc2)C(c2ccccc2F)N1Cc1ccccc1. The predicted molar refractivity (Wildman–Crippen MR) is 102 cm³/mol. The van der Waals surface area contributed by atoms with Gasteiger partial charge in [-0.2, -0.15) is 0 Å². The highest BCUT2D eigenvalue weighted by molar-refractivity contribution is 6.05. The lowest BCUT2D eigenvalue weighted by atomic mass is 9.93. The summed E-state index contributed by atoms with van der Waals surface area (Å²) in [5, 5.41) is 10.6. The van der Waals surface area contributed by atoms with E-state index in [-0.39, 0.29) is 17.7 Å². The van der Waals surface area contributed by atoms with E-state index in [4.69, 9.17) is 0 Å². The third kappa shape index (κ3) is 3.16. The molecule has 1 atom stereocenters. The predicted octanol–water partition coefficient (Wildman–Crippen LogP) is 5.02. The molecule has 4 rings (SSSR count). The van der Waals surface area contributed by atoms with E-state index in [1.165, 1.54) is 35.2 Å². The molecule has 0 aromatic heterocycles. The second-order valence-electron chi connectivity index (χ2n) is 6.61. The summed E-state index contributed by atoms with van der Waals surface area (Å²) in [6.45, 7) is 0.202. The Balaban J connectivity index is 1.84. The summed E-state index contributed by atoms with van der Waals surface area (Å²) in [6.07, 6.45) is 0. The van der Waals surface area contributed by atoms with Crippen LogP contribution >= 0.6 is 0 Å². The van der Waals surface area contributed by atoms with Gasteiger partial charge in [0.05, 0.1) is 6.04 Å². The van der Waals surface area contributed by atoms with Crippen molar-refractivity contribution in [3.05, 3.63) is 113 Å². The van der Waals surface area contributed by atoms with E-state index < -0.39 is 29.3 Å². The Hall–Kier alpha value is -3.47. The summed E-state index contributed by atoms with van der Waals surface area (Å²) < 4.78 is 28.0. The maximum absolute atomic E-state index is 14.7. The summed E-state index contributed by atoms with van der Waals surface area (Å²) >= 11 is 0. The minimum atomic E-state index is -0.820. The highest BCUT2D eigenvalue weighted by Gasteiger charge is 2.42. The van der Waals surface area contributed by atoms with Crippen LogP contribution in [0.25, 0.3) is 5.57 Å². The number of carbonyl (C=O) groups is 1. The molecule has 0 radical (unpaired) electrons. The quantitative estimate of drug-likeness (QED) is 0.694. The number of halogens is 2. The van der Waals surface area contributed by atoms with Crippen LogP contribution in [0.2, 0.25) is 0 Å². The molecule has 1 aliphatic rings. The molecule has 28 heavy (non-hydrogen) atoms. The number of aliphatic hydroxyl groups excluding tert-OH is 1. The van der Waals surface area contributed by atoms with Crippen molar-refractivity contribution in [3.63, 3.8) is 0 Å². The molecular formula is C23H17F2NO2. The van der Waals surface area contributed by atoms with E-state index >= 15 is 0 Å². The minimum Gasteiger partial charge on any atom is -0.503 e. The van der Waals surface area contributed by atoms with E-state index in [2.05, 4.69) is 0 Å². The fourth-order valence-electron chi connectivity index (χ4n) is 3.54.